The van der Waals surface area contributed by atoms with Gasteiger partial charge in [0, 0.05) is 45.7 Å². The Morgan fingerprint density at radius 2 is 2.03 bits per heavy atom. The van der Waals surface area contributed by atoms with Crippen molar-refractivity contribution in [3.8, 4) is 5.75 Å². The van der Waals surface area contributed by atoms with Crippen LogP contribution in [0.2, 0.25) is 5.02 Å². The maximum Gasteiger partial charge on any atom is 0.136 e. The number of thioether (sulfide) groups is 1. The Hall–Kier alpha value is -2.46. The van der Waals surface area contributed by atoms with Crippen molar-refractivity contribution in [3.63, 3.8) is 0 Å². The van der Waals surface area contributed by atoms with E-state index in [0.717, 1.165) is 12.1 Å². The third-order valence-electron chi connectivity index (χ3n) is 7.10. The van der Waals surface area contributed by atoms with Crippen LogP contribution in [0.4, 0.5) is 8.78 Å². The molecule has 0 bridgehead atoms. The summed E-state index contributed by atoms with van der Waals surface area (Å²) in [5.74, 6) is -0.915. The van der Waals surface area contributed by atoms with Crippen molar-refractivity contribution in [2.24, 2.45) is 5.41 Å². The Morgan fingerprint density at radius 1 is 1.27 bits per heavy atom. The van der Waals surface area contributed by atoms with Crippen LogP contribution in [0.25, 0.3) is 10.9 Å². The first-order valence-corrected chi connectivity index (χ1v) is 13.4. The second-order valence-electron chi connectivity index (χ2n) is 9.29. The molecular weight excluding hydrogens is 522 g/mol. The van der Waals surface area contributed by atoms with Crippen LogP contribution in [0.5, 0.6) is 5.75 Å². The predicted molar refractivity (Wildman–Crippen MR) is 138 cm³/mol. The maximum atomic E-state index is 13.8. The highest BCUT2D eigenvalue weighted by molar-refractivity contribution is 7.99. The zero-order chi connectivity index (χ0) is 26.6. The largest absolute Gasteiger partial charge is 0.550 e. The molecule has 37 heavy (non-hydrogen) atoms. The van der Waals surface area contributed by atoms with Crippen molar-refractivity contribution in [2.45, 2.75) is 36.7 Å². The third kappa shape index (κ3) is 6.34. The molecule has 198 valence electrons. The van der Waals surface area contributed by atoms with Crippen LogP contribution >= 0.6 is 23.4 Å². The SMILES string of the molecule is COc1ccc2ncc(Cl)c(C(O)CCC3(C(=O)[O-])CCN(CCSc4cc(F)ccc4F)CC3)c2c1. The Labute approximate surface area is 223 Å². The molecule has 3 aromatic rings. The first-order chi connectivity index (χ1) is 17.7. The van der Waals surface area contributed by atoms with Crippen LogP contribution in [-0.4, -0.2) is 53.5 Å². The Balaban J connectivity index is 1.37. The number of hydrogen-bond acceptors (Lipinski definition) is 7. The molecule has 1 saturated heterocycles. The summed E-state index contributed by atoms with van der Waals surface area (Å²) < 4.78 is 32.5. The van der Waals surface area contributed by atoms with Gasteiger partial charge in [-0.2, -0.15) is 0 Å². The fraction of sp³-hybridized carbons (Fsp3) is 0.407. The van der Waals surface area contributed by atoms with E-state index in [1.807, 2.05) is 0 Å². The summed E-state index contributed by atoms with van der Waals surface area (Å²) in [7, 11) is 1.55. The van der Waals surface area contributed by atoms with Gasteiger partial charge in [0.1, 0.15) is 17.4 Å². The monoisotopic (exact) mass is 549 g/mol. The fourth-order valence-electron chi connectivity index (χ4n) is 4.82. The highest BCUT2D eigenvalue weighted by Gasteiger charge is 2.36. The minimum absolute atomic E-state index is 0.193. The number of aliphatic carboxylic acids is 1. The zero-order valence-electron chi connectivity index (χ0n) is 20.4. The lowest BCUT2D eigenvalue weighted by Gasteiger charge is -2.43. The molecule has 1 atom stereocenters. The molecule has 0 amide bonds. The summed E-state index contributed by atoms with van der Waals surface area (Å²) >= 11 is 7.63. The number of carbonyl (C=O) groups excluding carboxylic acids is 1. The van der Waals surface area contributed by atoms with Crippen molar-refractivity contribution >= 4 is 40.2 Å². The number of likely N-dealkylation sites (tertiary alicyclic amines) is 1. The summed E-state index contributed by atoms with van der Waals surface area (Å²) in [4.78, 5) is 18.9. The number of carboxylic acids is 1. The number of carboxylic acid groups (broad SMARTS) is 1. The number of benzene rings is 2. The molecule has 1 unspecified atom stereocenters. The molecule has 1 N–H and O–H groups in total. The molecule has 1 fully saturated rings. The van der Waals surface area contributed by atoms with E-state index >= 15 is 0 Å². The quantitative estimate of drug-likeness (QED) is 0.370. The minimum Gasteiger partial charge on any atom is -0.550 e. The number of carbonyl (C=O) groups is 1. The lowest BCUT2D eigenvalue weighted by Crippen LogP contribution is -2.50. The van der Waals surface area contributed by atoms with E-state index < -0.39 is 29.1 Å². The molecule has 1 aliphatic rings. The van der Waals surface area contributed by atoms with Gasteiger partial charge in [-0.3, -0.25) is 4.98 Å². The van der Waals surface area contributed by atoms with Gasteiger partial charge < -0.3 is 24.6 Å². The lowest BCUT2D eigenvalue weighted by atomic mass is 9.74. The molecule has 1 aliphatic heterocycles. The molecule has 2 heterocycles. The number of hydrogen-bond donors (Lipinski definition) is 1. The van der Waals surface area contributed by atoms with Crippen LogP contribution in [0.1, 0.15) is 37.4 Å². The fourth-order valence-corrected chi connectivity index (χ4v) is 6.07. The molecule has 0 aliphatic carbocycles. The van der Waals surface area contributed by atoms with E-state index in [4.69, 9.17) is 16.3 Å². The van der Waals surface area contributed by atoms with Crippen LogP contribution in [0.3, 0.4) is 0 Å². The van der Waals surface area contributed by atoms with Crippen molar-refractivity contribution in [3.05, 3.63) is 64.8 Å². The number of rotatable bonds is 10. The number of methoxy groups -OCH3 is 1. The number of pyridine rings is 1. The highest BCUT2D eigenvalue weighted by atomic mass is 35.5. The number of ether oxygens (including phenoxy) is 1. The molecule has 0 spiro atoms. The van der Waals surface area contributed by atoms with E-state index in [1.165, 1.54) is 24.0 Å². The van der Waals surface area contributed by atoms with E-state index in [9.17, 15) is 23.8 Å². The maximum absolute atomic E-state index is 13.8. The van der Waals surface area contributed by atoms with Crippen LogP contribution < -0.4 is 9.84 Å². The van der Waals surface area contributed by atoms with Gasteiger partial charge in [-0.05, 0) is 75.2 Å². The molecule has 4 rings (SSSR count). The van der Waals surface area contributed by atoms with E-state index in [1.54, 1.807) is 25.3 Å². The van der Waals surface area contributed by atoms with Gasteiger partial charge in [-0.25, -0.2) is 8.78 Å². The summed E-state index contributed by atoms with van der Waals surface area (Å²) in [5.41, 5.74) is 0.0861. The average molecular weight is 550 g/mol. The molecule has 2 aromatic carbocycles. The summed E-state index contributed by atoms with van der Waals surface area (Å²) in [6.07, 6.45) is 1.67. The van der Waals surface area contributed by atoms with E-state index in [0.29, 0.717) is 65.5 Å². The zero-order valence-corrected chi connectivity index (χ0v) is 22.0. The Morgan fingerprint density at radius 3 is 2.73 bits per heavy atom. The van der Waals surface area contributed by atoms with Crippen molar-refractivity contribution < 1.29 is 28.5 Å². The number of aliphatic hydroxyl groups is 1. The first kappa shape index (κ1) is 27.6. The van der Waals surface area contributed by atoms with Gasteiger partial charge in [0.25, 0.3) is 0 Å². The standard InChI is InChI=1S/C27H29ClF2N2O4S/c1-36-18-3-5-22-19(15-18)25(20(28)16-31-22)23(33)6-7-27(26(34)35)8-10-32(11-9-27)12-13-37-24-14-17(29)2-4-21(24)30/h2-5,14-16,23,33H,6-13H2,1H3,(H,34,35)/p-1. The van der Waals surface area contributed by atoms with E-state index in [-0.39, 0.29) is 17.7 Å². The smallest absolute Gasteiger partial charge is 0.136 e. The first-order valence-electron chi connectivity index (χ1n) is 12.0. The lowest BCUT2D eigenvalue weighted by molar-refractivity contribution is -0.322. The Bertz CT molecular complexity index is 1270. The molecular formula is C27H28ClF2N2O4S-. The highest BCUT2D eigenvalue weighted by Crippen LogP contribution is 2.40. The number of piperidine rings is 1. The van der Waals surface area contributed by atoms with Crippen LogP contribution in [0, 0.1) is 17.0 Å². The van der Waals surface area contributed by atoms with Crippen molar-refractivity contribution in [2.75, 3.05) is 32.5 Å². The third-order valence-corrected chi connectivity index (χ3v) is 8.41. The van der Waals surface area contributed by atoms with Crippen molar-refractivity contribution in [1.29, 1.82) is 0 Å². The summed E-state index contributed by atoms with van der Waals surface area (Å²) in [5, 5.41) is 24.2. The van der Waals surface area contributed by atoms with Crippen LogP contribution in [-0.2, 0) is 4.79 Å². The normalized spacial score (nSPS) is 16.6. The molecule has 1 aromatic heterocycles. The number of fused-ring (bicyclic) bond motifs is 1. The molecule has 10 heteroatoms. The number of halogens is 3. The molecule has 0 saturated carbocycles. The van der Waals surface area contributed by atoms with E-state index in [2.05, 4.69) is 9.88 Å². The minimum atomic E-state index is -1.12. The molecule has 0 radical (unpaired) electrons. The van der Waals surface area contributed by atoms with Crippen LogP contribution in [0.15, 0.2) is 47.5 Å². The number of nitrogens with zero attached hydrogens (tertiary/aromatic N) is 2. The van der Waals surface area contributed by atoms with Gasteiger partial charge in [0.05, 0.1) is 23.8 Å². The summed E-state index contributed by atoms with van der Waals surface area (Å²) in [6.45, 7) is 1.69. The second kappa shape index (κ2) is 11.9. The average Bonchev–Trinajstić information content (AvgIpc) is 2.89. The predicted octanol–water partition coefficient (Wildman–Crippen LogP) is 4.61. The van der Waals surface area contributed by atoms with Gasteiger partial charge in [0.2, 0.25) is 0 Å². The summed E-state index contributed by atoms with van der Waals surface area (Å²) in [6, 6.07) is 8.68. The molecule has 6 nitrogen and oxygen atoms in total. The van der Waals surface area contributed by atoms with Gasteiger partial charge in [-0.15, -0.1) is 11.8 Å². The topological polar surface area (TPSA) is 85.7 Å². The number of aromatic nitrogens is 1. The second-order valence-corrected chi connectivity index (χ2v) is 10.8. The van der Waals surface area contributed by atoms with Gasteiger partial charge >= 0.3 is 0 Å². The van der Waals surface area contributed by atoms with Gasteiger partial charge in [0.15, 0.2) is 0 Å². The van der Waals surface area contributed by atoms with Crippen molar-refractivity contribution in [1.82, 2.24) is 9.88 Å². The number of aliphatic hydroxyl groups excluding tert-OH is 1. The van der Waals surface area contributed by atoms with Gasteiger partial charge in [-0.1, -0.05) is 11.6 Å². The Kier molecular flexibility index (Phi) is 8.90.